The van der Waals surface area contributed by atoms with Gasteiger partial charge >= 0.3 is 19.8 Å². The van der Waals surface area contributed by atoms with Crippen molar-refractivity contribution < 1.29 is 42.1 Å². The number of phosphoric ester groups is 1. The molecule has 10 heteroatoms. The highest BCUT2D eigenvalue weighted by Crippen LogP contribution is 2.43. The van der Waals surface area contributed by atoms with Gasteiger partial charge < -0.3 is 18.9 Å². The minimum atomic E-state index is -4.37. The molecule has 9 nitrogen and oxygen atoms in total. The highest BCUT2D eigenvalue weighted by molar-refractivity contribution is 7.47. The molecule has 0 aliphatic carbocycles. The third-order valence-corrected chi connectivity index (χ3v) is 11.5. The topological polar surface area (TPSA) is 108 Å². The molecule has 0 aliphatic rings. The quantitative estimate of drug-likeness (QED) is 0.0213. The van der Waals surface area contributed by atoms with Gasteiger partial charge in [0.25, 0.3) is 0 Å². The molecule has 0 aromatic carbocycles. The molecule has 0 saturated heterocycles. The molecule has 0 aliphatic heterocycles. The van der Waals surface area contributed by atoms with Gasteiger partial charge in [0, 0.05) is 12.8 Å². The fraction of sp³-hybridized carbons (Fsp3) is 0.915. The Balaban J connectivity index is 4.24. The van der Waals surface area contributed by atoms with Crippen LogP contribution in [-0.2, 0) is 32.7 Å². The zero-order valence-corrected chi connectivity index (χ0v) is 39.0. The summed E-state index contributed by atoms with van der Waals surface area (Å²) in [5.41, 5.74) is 0. The van der Waals surface area contributed by atoms with Crippen LogP contribution in [0.15, 0.2) is 12.2 Å². The van der Waals surface area contributed by atoms with E-state index in [-0.39, 0.29) is 25.6 Å². The molecule has 0 aromatic heterocycles. The maximum atomic E-state index is 12.7. The Morgan fingerprint density at radius 1 is 0.526 bits per heavy atom. The van der Waals surface area contributed by atoms with Gasteiger partial charge in [-0.3, -0.25) is 18.6 Å². The van der Waals surface area contributed by atoms with Crippen LogP contribution in [0.3, 0.4) is 0 Å². The fourth-order valence-corrected chi connectivity index (χ4v) is 7.52. The number of quaternary nitrogens is 1. The molecule has 57 heavy (non-hydrogen) atoms. The molecule has 1 N–H and O–H groups in total. The SMILES string of the molecule is CCCCCCCCCC/C=C\CCCCCCCCCCCC(=O)OC(COC(=O)CCCCCCCCCCCCCC)COP(=O)(O)OCC[N+](C)(C)C. The summed E-state index contributed by atoms with van der Waals surface area (Å²) in [4.78, 5) is 35.4. The van der Waals surface area contributed by atoms with Gasteiger partial charge in [0.2, 0.25) is 0 Å². The van der Waals surface area contributed by atoms with Gasteiger partial charge in [0.05, 0.1) is 27.7 Å². The van der Waals surface area contributed by atoms with Crippen LogP contribution >= 0.6 is 7.82 Å². The number of allylic oxidation sites excluding steroid dienone is 2. The van der Waals surface area contributed by atoms with E-state index in [2.05, 4.69) is 26.0 Å². The number of rotatable bonds is 44. The van der Waals surface area contributed by atoms with Gasteiger partial charge in [0.1, 0.15) is 19.8 Å². The summed E-state index contributed by atoms with van der Waals surface area (Å²) < 4.78 is 34.4. The second-order valence-corrected chi connectivity index (χ2v) is 19.0. The van der Waals surface area contributed by atoms with E-state index in [0.29, 0.717) is 23.9 Å². The predicted molar refractivity (Wildman–Crippen MR) is 238 cm³/mol. The average Bonchev–Trinajstić information content (AvgIpc) is 3.16. The van der Waals surface area contributed by atoms with E-state index in [1.54, 1.807) is 0 Å². The number of carbonyl (C=O) groups excluding carboxylic acids is 2. The number of likely N-dealkylation sites (N-methyl/N-ethyl adjacent to an activating group) is 1. The van der Waals surface area contributed by atoms with Crippen molar-refractivity contribution in [1.29, 1.82) is 0 Å². The number of carbonyl (C=O) groups is 2. The van der Waals surface area contributed by atoms with E-state index in [4.69, 9.17) is 18.5 Å². The highest BCUT2D eigenvalue weighted by atomic mass is 31.2. The van der Waals surface area contributed by atoms with Crippen molar-refractivity contribution in [2.75, 3.05) is 47.5 Å². The Labute approximate surface area is 352 Å². The first kappa shape index (κ1) is 55.8. The molecule has 0 spiro atoms. The maximum Gasteiger partial charge on any atom is 0.472 e. The molecule has 0 amide bonds. The minimum Gasteiger partial charge on any atom is -0.462 e. The zero-order valence-electron chi connectivity index (χ0n) is 38.1. The summed E-state index contributed by atoms with van der Waals surface area (Å²) in [6.45, 7) is 4.45. The van der Waals surface area contributed by atoms with Crippen LogP contribution in [0.5, 0.6) is 0 Å². The predicted octanol–water partition coefficient (Wildman–Crippen LogP) is 13.8. The van der Waals surface area contributed by atoms with E-state index >= 15 is 0 Å². The van der Waals surface area contributed by atoms with Crippen LogP contribution in [0.2, 0.25) is 0 Å². The lowest BCUT2D eigenvalue weighted by Gasteiger charge is -2.24. The van der Waals surface area contributed by atoms with Crippen LogP contribution in [0.25, 0.3) is 0 Å². The maximum absolute atomic E-state index is 12.7. The zero-order chi connectivity index (χ0) is 42.1. The largest absolute Gasteiger partial charge is 0.472 e. The van der Waals surface area contributed by atoms with Crippen molar-refractivity contribution >= 4 is 19.8 Å². The Hall–Kier alpha value is -1.25. The van der Waals surface area contributed by atoms with Crippen LogP contribution in [0.1, 0.15) is 226 Å². The number of phosphoric acid groups is 1. The molecular formula is C47H93NO8P+. The Kier molecular flexibility index (Phi) is 39.3. The van der Waals surface area contributed by atoms with E-state index in [9.17, 15) is 19.0 Å². The van der Waals surface area contributed by atoms with E-state index in [1.807, 2.05) is 21.1 Å². The normalized spacial score (nSPS) is 13.6. The summed E-state index contributed by atoms with van der Waals surface area (Å²) in [6.07, 6.45) is 42.6. The molecule has 0 heterocycles. The first-order valence-corrected chi connectivity index (χ1v) is 25.4. The van der Waals surface area contributed by atoms with E-state index in [0.717, 1.165) is 32.1 Å². The molecule has 0 fully saturated rings. The summed E-state index contributed by atoms with van der Waals surface area (Å²) in [7, 11) is 1.49. The van der Waals surface area contributed by atoms with Crippen LogP contribution < -0.4 is 0 Å². The monoisotopic (exact) mass is 831 g/mol. The highest BCUT2D eigenvalue weighted by Gasteiger charge is 2.27. The molecule has 0 aromatic rings. The lowest BCUT2D eigenvalue weighted by Crippen LogP contribution is -2.37. The number of unbranched alkanes of at least 4 members (excludes halogenated alkanes) is 28. The van der Waals surface area contributed by atoms with E-state index < -0.39 is 26.5 Å². The van der Waals surface area contributed by atoms with Crippen LogP contribution in [0.4, 0.5) is 0 Å². The molecule has 338 valence electrons. The molecular weight excluding hydrogens is 737 g/mol. The Morgan fingerprint density at radius 2 is 0.895 bits per heavy atom. The number of hydrogen-bond acceptors (Lipinski definition) is 7. The van der Waals surface area contributed by atoms with Gasteiger partial charge in [-0.05, 0) is 38.5 Å². The van der Waals surface area contributed by atoms with Crippen molar-refractivity contribution in [2.45, 2.75) is 232 Å². The third-order valence-electron chi connectivity index (χ3n) is 10.5. The average molecular weight is 831 g/mol. The second-order valence-electron chi connectivity index (χ2n) is 17.5. The summed E-state index contributed by atoms with van der Waals surface area (Å²) >= 11 is 0. The molecule has 0 saturated carbocycles. The van der Waals surface area contributed by atoms with Crippen molar-refractivity contribution in [1.82, 2.24) is 0 Å². The number of esters is 2. The first-order chi connectivity index (χ1) is 27.5. The number of ether oxygens (including phenoxy) is 2. The minimum absolute atomic E-state index is 0.0346. The Morgan fingerprint density at radius 3 is 1.30 bits per heavy atom. The van der Waals surface area contributed by atoms with Gasteiger partial charge in [-0.25, -0.2) is 4.57 Å². The Bertz CT molecular complexity index is 985. The summed E-state index contributed by atoms with van der Waals surface area (Å²) in [5.74, 6) is -0.790. The lowest BCUT2D eigenvalue weighted by atomic mass is 10.0. The van der Waals surface area contributed by atoms with Gasteiger partial charge in [-0.2, -0.15) is 0 Å². The number of hydrogen-bond donors (Lipinski definition) is 1. The van der Waals surface area contributed by atoms with Gasteiger partial charge in [-0.1, -0.05) is 187 Å². The standard InChI is InChI=1S/C47H92NO8P/c1-6-8-10-12-14-16-18-20-21-22-23-24-25-26-27-28-30-32-34-36-38-40-47(50)56-45(44-55-57(51,52)54-42-41-48(3,4)5)43-53-46(49)39-37-35-33-31-29-19-17-15-13-11-9-7-2/h22-23,45H,6-21,24-44H2,1-5H3/p+1/b23-22-. The molecule has 0 radical (unpaired) electrons. The fourth-order valence-electron chi connectivity index (χ4n) is 6.77. The van der Waals surface area contributed by atoms with Crippen molar-refractivity contribution in [3.63, 3.8) is 0 Å². The van der Waals surface area contributed by atoms with Gasteiger partial charge in [0.15, 0.2) is 6.10 Å². The lowest BCUT2D eigenvalue weighted by molar-refractivity contribution is -0.870. The van der Waals surface area contributed by atoms with Crippen molar-refractivity contribution in [3.05, 3.63) is 12.2 Å². The molecule has 2 atom stereocenters. The number of nitrogens with zero attached hydrogens (tertiary/aromatic N) is 1. The molecule has 0 bridgehead atoms. The van der Waals surface area contributed by atoms with Crippen LogP contribution in [0, 0.1) is 0 Å². The second kappa shape index (κ2) is 40.2. The summed E-state index contributed by atoms with van der Waals surface area (Å²) in [5, 5.41) is 0. The molecule has 2 unspecified atom stereocenters. The summed E-state index contributed by atoms with van der Waals surface area (Å²) in [6, 6.07) is 0. The van der Waals surface area contributed by atoms with Gasteiger partial charge in [-0.15, -0.1) is 0 Å². The van der Waals surface area contributed by atoms with E-state index in [1.165, 1.54) is 161 Å². The van der Waals surface area contributed by atoms with Crippen molar-refractivity contribution in [3.8, 4) is 0 Å². The molecule has 0 rings (SSSR count). The van der Waals surface area contributed by atoms with Crippen LogP contribution in [-0.4, -0.2) is 74.9 Å². The third kappa shape index (κ3) is 44.1. The first-order valence-electron chi connectivity index (χ1n) is 23.9. The van der Waals surface area contributed by atoms with Crippen molar-refractivity contribution in [2.24, 2.45) is 0 Å². The smallest absolute Gasteiger partial charge is 0.462 e.